The van der Waals surface area contributed by atoms with E-state index in [1.165, 1.54) is 12.1 Å². The molecule has 2 aromatic carbocycles. The molecule has 144 valence electrons. The Morgan fingerprint density at radius 3 is 2.41 bits per heavy atom. The number of nitro benzene ring substituents is 1. The van der Waals surface area contributed by atoms with Gasteiger partial charge < -0.3 is 5.73 Å². The number of nitrogens with two attached hydrogens (primary N) is 1. The van der Waals surface area contributed by atoms with Gasteiger partial charge in [0.1, 0.15) is 5.82 Å². The molecule has 0 bridgehead atoms. The van der Waals surface area contributed by atoms with E-state index in [1.54, 1.807) is 17.0 Å². The summed E-state index contributed by atoms with van der Waals surface area (Å²) in [6.45, 7) is 0. The van der Waals surface area contributed by atoms with Crippen molar-refractivity contribution in [2.75, 3.05) is 4.90 Å². The number of Topliss-reactive ketones (excluding diaryl/α,β-unsaturated/α-hetero) is 1. The van der Waals surface area contributed by atoms with Crippen molar-refractivity contribution in [2.45, 2.75) is 25.2 Å². The van der Waals surface area contributed by atoms with Crippen molar-refractivity contribution < 1.29 is 9.72 Å². The Bertz CT molecular complexity index is 1100. The van der Waals surface area contributed by atoms with Crippen molar-refractivity contribution in [2.24, 2.45) is 5.73 Å². The number of nitriles is 1. The van der Waals surface area contributed by atoms with E-state index >= 15 is 0 Å². The molecule has 1 aliphatic heterocycles. The van der Waals surface area contributed by atoms with Gasteiger partial charge in [-0.3, -0.25) is 19.8 Å². The van der Waals surface area contributed by atoms with Crippen LogP contribution in [-0.2, 0) is 4.79 Å². The van der Waals surface area contributed by atoms with Gasteiger partial charge in [-0.1, -0.05) is 30.3 Å². The number of ketones is 1. The lowest BCUT2D eigenvalue weighted by atomic mass is 9.75. The molecule has 2 aliphatic rings. The quantitative estimate of drug-likeness (QED) is 0.632. The smallest absolute Gasteiger partial charge is 0.269 e. The number of anilines is 1. The highest BCUT2D eigenvalue weighted by atomic mass is 16.6. The van der Waals surface area contributed by atoms with Gasteiger partial charge in [-0.05, 0) is 30.5 Å². The summed E-state index contributed by atoms with van der Waals surface area (Å²) in [5, 5.41) is 20.9. The first kappa shape index (κ1) is 18.4. The van der Waals surface area contributed by atoms with Crippen LogP contribution in [0.5, 0.6) is 0 Å². The number of hydrogen-bond acceptors (Lipinski definition) is 6. The summed E-state index contributed by atoms with van der Waals surface area (Å²) in [6.07, 6.45) is 1.78. The number of para-hydroxylation sites is 1. The molecular weight excluding hydrogens is 368 g/mol. The van der Waals surface area contributed by atoms with Gasteiger partial charge in [0.2, 0.25) is 0 Å². The molecule has 4 rings (SSSR count). The third kappa shape index (κ3) is 3.05. The molecule has 0 saturated heterocycles. The first-order valence-corrected chi connectivity index (χ1v) is 9.28. The molecule has 0 unspecified atom stereocenters. The maximum absolute atomic E-state index is 13.0. The molecule has 0 spiro atoms. The zero-order valence-corrected chi connectivity index (χ0v) is 15.5. The fraction of sp³-hybridized carbons (Fsp3) is 0.182. The first-order valence-electron chi connectivity index (χ1n) is 9.28. The fourth-order valence-electron chi connectivity index (χ4n) is 4.08. The normalized spacial score (nSPS) is 19.1. The number of nitro groups is 1. The summed E-state index contributed by atoms with van der Waals surface area (Å²) in [5.41, 5.74) is 9.47. The number of benzene rings is 2. The minimum Gasteiger partial charge on any atom is -0.384 e. The molecule has 1 atom stereocenters. The maximum Gasteiger partial charge on any atom is 0.269 e. The maximum atomic E-state index is 13.0. The average molecular weight is 386 g/mol. The Hall–Kier alpha value is -3.92. The Labute approximate surface area is 167 Å². The van der Waals surface area contributed by atoms with Crippen molar-refractivity contribution >= 4 is 17.2 Å². The molecule has 29 heavy (non-hydrogen) atoms. The van der Waals surface area contributed by atoms with E-state index in [9.17, 15) is 20.2 Å². The summed E-state index contributed by atoms with van der Waals surface area (Å²) < 4.78 is 0. The van der Waals surface area contributed by atoms with Gasteiger partial charge >= 0.3 is 0 Å². The van der Waals surface area contributed by atoms with Crippen LogP contribution in [0.1, 0.15) is 30.7 Å². The van der Waals surface area contributed by atoms with E-state index in [0.717, 1.165) is 11.4 Å². The minimum absolute atomic E-state index is 0.0178. The predicted octanol–water partition coefficient (Wildman–Crippen LogP) is 3.90. The topological polar surface area (TPSA) is 113 Å². The second-order valence-corrected chi connectivity index (χ2v) is 7.00. The summed E-state index contributed by atoms with van der Waals surface area (Å²) in [4.78, 5) is 25.3. The van der Waals surface area contributed by atoms with Crippen LogP contribution in [0.3, 0.4) is 0 Å². The van der Waals surface area contributed by atoms with Crippen molar-refractivity contribution in [1.82, 2.24) is 0 Å². The van der Waals surface area contributed by atoms with Crippen LogP contribution in [0, 0.1) is 21.4 Å². The number of carbonyl (C=O) groups excluding carboxylic acids is 1. The Morgan fingerprint density at radius 1 is 1.10 bits per heavy atom. The third-order valence-electron chi connectivity index (χ3n) is 5.36. The van der Waals surface area contributed by atoms with Gasteiger partial charge in [0.15, 0.2) is 5.78 Å². The number of non-ortho nitro benzene ring substituents is 1. The summed E-state index contributed by atoms with van der Waals surface area (Å²) in [5.74, 6) is -0.352. The van der Waals surface area contributed by atoms with Gasteiger partial charge in [-0.15, -0.1) is 0 Å². The Balaban J connectivity index is 1.92. The molecule has 7 heteroatoms. The average Bonchev–Trinajstić information content (AvgIpc) is 2.74. The summed E-state index contributed by atoms with van der Waals surface area (Å²) >= 11 is 0. The highest BCUT2D eigenvalue weighted by Crippen LogP contribution is 2.46. The van der Waals surface area contributed by atoms with Crippen LogP contribution < -0.4 is 10.6 Å². The molecule has 1 aliphatic carbocycles. The lowest BCUT2D eigenvalue weighted by Gasteiger charge is -2.39. The predicted molar refractivity (Wildman–Crippen MR) is 107 cm³/mol. The Kier molecular flexibility index (Phi) is 4.61. The monoisotopic (exact) mass is 386 g/mol. The third-order valence-corrected chi connectivity index (χ3v) is 5.36. The van der Waals surface area contributed by atoms with E-state index < -0.39 is 10.8 Å². The molecule has 0 aromatic heterocycles. The van der Waals surface area contributed by atoms with Crippen LogP contribution in [0.25, 0.3) is 0 Å². The number of rotatable bonds is 3. The van der Waals surface area contributed by atoms with Gasteiger partial charge in [-0.2, -0.15) is 5.26 Å². The van der Waals surface area contributed by atoms with Crippen LogP contribution in [0.2, 0.25) is 0 Å². The number of hydrogen-bond donors (Lipinski definition) is 1. The van der Waals surface area contributed by atoms with E-state index in [-0.39, 0.29) is 22.9 Å². The van der Waals surface area contributed by atoms with Gasteiger partial charge in [0, 0.05) is 35.5 Å². The highest BCUT2D eigenvalue weighted by Gasteiger charge is 2.40. The minimum atomic E-state index is -0.622. The molecule has 0 fully saturated rings. The summed E-state index contributed by atoms with van der Waals surface area (Å²) in [6, 6.07) is 17.6. The second-order valence-electron chi connectivity index (χ2n) is 7.00. The van der Waals surface area contributed by atoms with Crippen molar-refractivity contribution in [3.8, 4) is 6.07 Å². The van der Waals surface area contributed by atoms with E-state index in [0.29, 0.717) is 30.4 Å². The molecular formula is C22H18N4O3. The van der Waals surface area contributed by atoms with Gasteiger partial charge in [-0.25, -0.2) is 0 Å². The molecule has 2 aromatic rings. The van der Waals surface area contributed by atoms with Crippen LogP contribution in [0.4, 0.5) is 11.4 Å². The molecule has 0 radical (unpaired) electrons. The van der Waals surface area contributed by atoms with Gasteiger partial charge in [0.25, 0.3) is 5.69 Å². The number of nitrogens with zero attached hydrogens (tertiary/aromatic N) is 3. The van der Waals surface area contributed by atoms with E-state index in [4.69, 9.17) is 5.73 Å². The highest BCUT2D eigenvalue weighted by molar-refractivity contribution is 6.01. The van der Waals surface area contributed by atoms with Crippen LogP contribution in [0.15, 0.2) is 77.3 Å². The standard InChI is InChI=1S/C22H18N4O3/c23-13-17-20(14-9-11-16(12-10-14)26(28)29)21-18(7-4-8-19(21)27)25(22(17)24)15-5-2-1-3-6-15/h1-3,5-6,9-12,20H,4,7-8,24H2/t20-/m0/s1. The van der Waals surface area contributed by atoms with Crippen molar-refractivity contribution in [3.05, 3.63) is 92.9 Å². The molecule has 0 saturated carbocycles. The number of carbonyl (C=O) groups is 1. The van der Waals surface area contributed by atoms with Crippen molar-refractivity contribution in [1.29, 1.82) is 5.26 Å². The van der Waals surface area contributed by atoms with Crippen molar-refractivity contribution in [3.63, 3.8) is 0 Å². The fourth-order valence-corrected chi connectivity index (χ4v) is 4.08. The Morgan fingerprint density at radius 2 is 1.79 bits per heavy atom. The largest absolute Gasteiger partial charge is 0.384 e. The molecule has 7 nitrogen and oxygen atoms in total. The van der Waals surface area contributed by atoms with E-state index in [2.05, 4.69) is 6.07 Å². The van der Waals surface area contributed by atoms with Crippen LogP contribution in [-0.4, -0.2) is 10.7 Å². The second kappa shape index (κ2) is 7.24. The lowest BCUT2D eigenvalue weighted by Crippen LogP contribution is -2.38. The SMILES string of the molecule is N#CC1=C(N)N(c2ccccc2)C2=C(C(=O)CCC2)[C@H]1c1ccc([N+](=O)[O-])cc1. The lowest BCUT2D eigenvalue weighted by molar-refractivity contribution is -0.384. The first-order chi connectivity index (χ1) is 14.0. The number of allylic oxidation sites excluding steroid dienone is 3. The molecule has 1 heterocycles. The zero-order chi connectivity index (χ0) is 20.5. The van der Waals surface area contributed by atoms with Crippen LogP contribution >= 0.6 is 0 Å². The zero-order valence-electron chi connectivity index (χ0n) is 15.5. The molecule has 2 N–H and O–H groups in total. The summed E-state index contributed by atoms with van der Waals surface area (Å²) in [7, 11) is 0. The van der Waals surface area contributed by atoms with E-state index in [1.807, 2.05) is 30.3 Å². The van der Waals surface area contributed by atoms with Gasteiger partial charge in [0.05, 0.1) is 22.5 Å². The molecule has 0 amide bonds.